The largest absolute Gasteiger partial charge is 0.441 e. The lowest BCUT2D eigenvalue weighted by atomic mass is 10.2. The van der Waals surface area contributed by atoms with Gasteiger partial charge in [0, 0.05) is 17.1 Å². The van der Waals surface area contributed by atoms with Gasteiger partial charge < -0.3 is 14.3 Å². The van der Waals surface area contributed by atoms with Crippen molar-refractivity contribution in [2.45, 2.75) is 26.8 Å². The van der Waals surface area contributed by atoms with Crippen molar-refractivity contribution in [3.8, 4) is 11.5 Å². The van der Waals surface area contributed by atoms with E-state index in [1.807, 2.05) is 37.3 Å². The van der Waals surface area contributed by atoms with Crippen LogP contribution in [0.5, 0.6) is 0 Å². The molecule has 1 N–H and O–H groups in total. The lowest BCUT2D eigenvalue weighted by Gasteiger charge is -2.20. The van der Waals surface area contributed by atoms with E-state index < -0.39 is 0 Å². The summed E-state index contributed by atoms with van der Waals surface area (Å²) in [7, 11) is 0. The summed E-state index contributed by atoms with van der Waals surface area (Å²) >= 11 is 6.03. The van der Waals surface area contributed by atoms with Crippen molar-refractivity contribution in [1.82, 2.24) is 19.9 Å². The summed E-state index contributed by atoms with van der Waals surface area (Å²) < 4.78 is 5.75. The molecule has 0 radical (unpaired) electrons. The minimum atomic E-state index is -0.264. The van der Waals surface area contributed by atoms with Gasteiger partial charge in [-0.2, -0.15) is 0 Å². The van der Waals surface area contributed by atoms with Gasteiger partial charge in [-0.3, -0.25) is 9.59 Å². The van der Waals surface area contributed by atoms with Crippen LogP contribution in [-0.2, 0) is 17.8 Å². The number of carbonyl (C=O) groups excluding carboxylic acids is 1. The molecule has 0 aliphatic carbocycles. The zero-order chi connectivity index (χ0) is 22.0. The van der Waals surface area contributed by atoms with E-state index in [9.17, 15) is 9.59 Å². The van der Waals surface area contributed by atoms with E-state index in [1.54, 1.807) is 30.0 Å². The van der Waals surface area contributed by atoms with Crippen molar-refractivity contribution in [1.29, 1.82) is 0 Å². The summed E-state index contributed by atoms with van der Waals surface area (Å²) in [5.74, 6) is 1.36. The predicted octanol–water partition coefficient (Wildman–Crippen LogP) is 4.13. The SMILES string of the molecule is CCN(Cc1nc2cc(Cl)ccc2c(=O)[nH]1)C(=O)Cc1nc(-c2ccccc2)oc1C. The van der Waals surface area contributed by atoms with Crippen LogP contribution < -0.4 is 5.56 Å². The Morgan fingerprint density at radius 2 is 1.94 bits per heavy atom. The summed E-state index contributed by atoms with van der Waals surface area (Å²) in [4.78, 5) is 38.7. The van der Waals surface area contributed by atoms with Gasteiger partial charge >= 0.3 is 0 Å². The van der Waals surface area contributed by atoms with Crippen LogP contribution in [0.1, 0.15) is 24.2 Å². The summed E-state index contributed by atoms with van der Waals surface area (Å²) in [5.41, 5.74) is 1.68. The first-order valence-electron chi connectivity index (χ1n) is 9.92. The molecule has 31 heavy (non-hydrogen) atoms. The number of hydrogen-bond donors (Lipinski definition) is 1. The van der Waals surface area contributed by atoms with Crippen molar-refractivity contribution in [2.75, 3.05) is 6.54 Å². The zero-order valence-electron chi connectivity index (χ0n) is 17.2. The predicted molar refractivity (Wildman–Crippen MR) is 119 cm³/mol. The fourth-order valence-electron chi connectivity index (χ4n) is 3.34. The molecule has 0 aliphatic rings. The Balaban J connectivity index is 1.54. The zero-order valence-corrected chi connectivity index (χ0v) is 17.9. The number of aromatic amines is 1. The summed E-state index contributed by atoms with van der Waals surface area (Å²) in [6, 6.07) is 14.5. The number of H-pyrrole nitrogens is 1. The second-order valence-corrected chi connectivity index (χ2v) is 7.58. The first kappa shape index (κ1) is 20.8. The van der Waals surface area contributed by atoms with Gasteiger partial charge in [-0.15, -0.1) is 0 Å². The van der Waals surface area contributed by atoms with E-state index in [4.69, 9.17) is 16.0 Å². The number of halogens is 1. The molecule has 0 bridgehead atoms. The van der Waals surface area contributed by atoms with E-state index in [0.717, 1.165) is 5.56 Å². The Morgan fingerprint density at radius 1 is 1.16 bits per heavy atom. The smallest absolute Gasteiger partial charge is 0.258 e. The van der Waals surface area contributed by atoms with Crippen LogP contribution in [0.4, 0.5) is 0 Å². The molecule has 4 aromatic rings. The first-order valence-corrected chi connectivity index (χ1v) is 10.3. The molecule has 0 saturated carbocycles. The maximum absolute atomic E-state index is 13.0. The van der Waals surface area contributed by atoms with Crippen LogP contribution in [0.25, 0.3) is 22.4 Å². The topological polar surface area (TPSA) is 92.1 Å². The summed E-state index contributed by atoms with van der Waals surface area (Å²) in [6.45, 7) is 4.30. The van der Waals surface area contributed by atoms with Gasteiger partial charge in [-0.05, 0) is 44.2 Å². The molecule has 0 saturated heterocycles. The van der Waals surface area contributed by atoms with E-state index >= 15 is 0 Å². The molecule has 0 atom stereocenters. The number of rotatable bonds is 6. The number of nitrogens with one attached hydrogen (secondary N) is 1. The molecule has 2 heterocycles. The Hall–Kier alpha value is -3.45. The fourth-order valence-corrected chi connectivity index (χ4v) is 3.51. The quantitative estimate of drug-likeness (QED) is 0.490. The van der Waals surface area contributed by atoms with Crippen LogP contribution in [0, 0.1) is 6.92 Å². The Morgan fingerprint density at radius 3 is 2.68 bits per heavy atom. The molecule has 0 spiro atoms. The number of fused-ring (bicyclic) bond motifs is 1. The average Bonchev–Trinajstić information content (AvgIpc) is 3.12. The summed E-state index contributed by atoms with van der Waals surface area (Å²) in [5, 5.41) is 0.949. The average molecular weight is 437 g/mol. The van der Waals surface area contributed by atoms with Gasteiger partial charge in [-0.1, -0.05) is 29.8 Å². The van der Waals surface area contributed by atoms with Gasteiger partial charge in [0.2, 0.25) is 11.8 Å². The monoisotopic (exact) mass is 436 g/mol. The minimum Gasteiger partial charge on any atom is -0.441 e. The van der Waals surface area contributed by atoms with E-state index in [2.05, 4.69) is 15.0 Å². The lowest BCUT2D eigenvalue weighted by molar-refractivity contribution is -0.131. The molecule has 2 aromatic heterocycles. The van der Waals surface area contributed by atoms with E-state index in [0.29, 0.717) is 45.6 Å². The molecule has 2 aromatic carbocycles. The number of hydrogen-bond acceptors (Lipinski definition) is 5. The number of amides is 1. The number of oxazole rings is 1. The molecular weight excluding hydrogens is 416 g/mol. The van der Waals surface area contributed by atoms with Crippen LogP contribution in [0.2, 0.25) is 5.02 Å². The first-order chi connectivity index (χ1) is 14.9. The molecular formula is C23H21ClN4O3. The maximum atomic E-state index is 13.0. The number of likely N-dealkylation sites (N-methyl/N-ethyl adjacent to an activating group) is 1. The highest BCUT2D eigenvalue weighted by atomic mass is 35.5. The summed E-state index contributed by atoms with van der Waals surface area (Å²) in [6.07, 6.45) is 0.0969. The second-order valence-electron chi connectivity index (χ2n) is 7.15. The second kappa shape index (κ2) is 8.73. The van der Waals surface area contributed by atoms with Gasteiger partial charge in [0.1, 0.15) is 11.6 Å². The van der Waals surface area contributed by atoms with Gasteiger partial charge in [0.25, 0.3) is 5.56 Å². The molecule has 0 unspecified atom stereocenters. The molecule has 0 fully saturated rings. The molecule has 7 nitrogen and oxygen atoms in total. The highest BCUT2D eigenvalue weighted by Gasteiger charge is 2.19. The number of benzene rings is 2. The number of aromatic nitrogens is 3. The van der Waals surface area contributed by atoms with Crippen molar-refractivity contribution in [2.24, 2.45) is 0 Å². The third kappa shape index (κ3) is 4.51. The van der Waals surface area contributed by atoms with Crippen LogP contribution in [-0.4, -0.2) is 32.3 Å². The fraction of sp³-hybridized carbons (Fsp3) is 0.217. The van der Waals surface area contributed by atoms with Crippen LogP contribution in [0.15, 0.2) is 57.7 Å². The molecule has 4 rings (SSSR count). The van der Waals surface area contributed by atoms with Crippen molar-refractivity contribution in [3.63, 3.8) is 0 Å². The minimum absolute atomic E-state index is 0.0969. The normalized spacial score (nSPS) is 11.1. The van der Waals surface area contributed by atoms with Crippen LogP contribution >= 0.6 is 11.6 Å². The molecule has 0 aliphatic heterocycles. The Kier molecular flexibility index (Phi) is 5.86. The van der Waals surface area contributed by atoms with Gasteiger partial charge in [-0.25, -0.2) is 9.97 Å². The Bertz CT molecular complexity index is 1300. The number of nitrogens with zero attached hydrogens (tertiary/aromatic N) is 3. The van der Waals surface area contributed by atoms with Crippen LogP contribution in [0.3, 0.4) is 0 Å². The number of carbonyl (C=O) groups is 1. The third-order valence-corrected chi connectivity index (χ3v) is 5.26. The molecule has 158 valence electrons. The van der Waals surface area contributed by atoms with Crippen molar-refractivity contribution in [3.05, 3.63) is 81.2 Å². The maximum Gasteiger partial charge on any atom is 0.258 e. The van der Waals surface area contributed by atoms with E-state index in [-0.39, 0.29) is 24.4 Å². The Labute approximate surface area is 183 Å². The standard InChI is InChI=1S/C23H21ClN4O3/c1-3-28(13-20-25-19-11-16(24)9-10-17(19)22(30)27-20)21(29)12-18-14(2)31-23(26-18)15-7-5-4-6-8-15/h4-11H,3,12-13H2,1-2H3,(H,25,27,30). The van der Waals surface area contributed by atoms with E-state index in [1.165, 1.54) is 0 Å². The highest BCUT2D eigenvalue weighted by molar-refractivity contribution is 6.31. The van der Waals surface area contributed by atoms with Crippen molar-refractivity contribution >= 4 is 28.4 Å². The molecule has 8 heteroatoms. The number of aryl methyl sites for hydroxylation is 1. The highest BCUT2D eigenvalue weighted by Crippen LogP contribution is 2.22. The molecule has 1 amide bonds. The van der Waals surface area contributed by atoms with Gasteiger partial charge in [0.05, 0.1) is 29.6 Å². The van der Waals surface area contributed by atoms with Crippen molar-refractivity contribution < 1.29 is 9.21 Å². The third-order valence-electron chi connectivity index (χ3n) is 5.02. The van der Waals surface area contributed by atoms with Gasteiger partial charge in [0.15, 0.2) is 0 Å². The lowest BCUT2D eigenvalue weighted by Crippen LogP contribution is -2.33.